The molecule has 0 spiro atoms. The molecule has 1 aliphatic rings. The van der Waals surface area contributed by atoms with E-state index in [0.717, 1.165) is 16.7 Å². The number of aliphatic hydroxyl groups is 1. The van der Waals surface area contributed by atoms with Gasteiger partial charge in [0.2, 0.25) is 5.95 Å². The molecule has 4 N–H and O–H groups in total. The Labute approximate surface area is 253 Å². The number of hydrogen-bond acceptors (Lipinski definition) is 10. The van der Waals surface area contributed by atoms with Gasteiger partial charge < -0.3 is 34.5 Å². The minimum absolute atomic E-state index is 0.0345. The van der Waals surface area contributed by atoms with Crippen molar-refractivity contribution in [2.24, 2.45) is 0 Å². The monoisotopic (exact) mass is 599 g/mol. The average molecular weight is 600 g/mol. The van der Waals surface area contributed by atoms with Crippen LogP contribution in [0.3, 0.4) is 0 Å². The highest BCUT2D eigenvalue weighted by Crippen LogP contribution is 2.43. The first-order chi connectivity index (χ1) is 21.4. The molecule has 6 rings (SSSR count). The van der Waals surface area contributed by atoms with Crippen molar-refractivity contribution in [3.63, 3.8) is 0 Å². The third-order valence-corrected chi connectivity index (χ3v) is 7.95. The number of benzene rings is 3. The molecule has 0 radical (unpaired) electrons. The molecular weight excluding hydrogens is 566 g/mol. The van der Waals surface area contributed by atoms with Gasteiger partial charge in [0.1, 0.15) is 35.4 Å². The van der Waals surface area contributed by atoms with Gasteiger partial charge in [-0.05, 0) is 41.0 Å². The summed E-state index contributed by atoms with van der Waals surface area (Å²) in [6.45, 7) is -0.0345. The fourth-order valence-electron chi connectivity index (χ4n) is 5.75. The minimum Gasteiger partial charge on any atom is -0.497 e. The standard InChI is InChI=1S/C32H33N5O7/c1-40-22-13-9-20(10-14-22)32(19-7-5-4-6-8-19,21-11-15-23(41-2)16-12-21)43-17-24-26(38)27(42-3)30(44-24)37-18-34-25-28(37)35-31(33)36-29(25)39/h4-16,18,24,26-27,30,38H,17H2,1-3H3,(H3,33,35,36,39)/t24-,26?,27?,30-/m1/s1. The number of aromatic nitrogens is 4. The van der Waals surface area contributed by atoms with Crippen LogP contribution in [0.25, 0.3) is 11.2 Å². The largest absolute Gasteiger partial charge is 0.497 e. The Balaban J connectivity index is 1.41. The van der Waals surface area contributed by atoms with E-state index in [-0.39, 0.29) is 23.7 Å². The number of hydrogen-bond donors (Lipinski definition) is 3. The number of imidazole rings is 1. The number of rotatable bonds is 10. The lowest BCUT2D eigenvalue weighted by molar-refractivity contribution is -0.0948. The summed E-state index contributed by atoms with van der Waals surface area (Å²) in [5, 5.41) is 11.4. The number of aliphatic hydroxyl groups excluding tert-OH is 1. The van der Waals surface area contributed by atoms with Crippen molar-refractivity contribution >= 4 is 17.1 Å². The minimum atomic E-state index is -1.12. The van der Waals surface area contributed by atoms with Crippen molar-refractivity contribution in [2.75, 3.05) is 33.7 Å². The van der Waals surface area contributed by atoms with E-state index in [9.17, 15) is 9.90 Å². The molecular formula is C32H33N5O7. The summed E-state index contributed by atoms with van der Waals surface area (Å²) < 4.78 is 31.4. The number of fused-ring (bicyclic) bond motifs is 1. The third kappa shape index (κ3) is 5.07. The summed E-state index contributed by atoms with van der Waals surface area (Å²) in [6, 6.07) is 25.1. The zero-order valence-corrected chi connectivity index (χ0v) is 24.4. The van der Waals surface area contributed by atoms with Crippen LogP contribution in [0.4, 0.5) is 5.95 Å². The number of nitrogens with zero attached hydrogens (tertiary/aromatic N) is 3. The van der Waals surface area contributed by atoms with E-state index in [4.69, 9.17) is 29.4 Å². The number of nitrogens with two attached hydrogens (primary N) is 1. The Morgan fingerprint density at radius 3 is 2.09 bits per heavy atom. The lowest BCUT2D eigenvalue weighted by atomic mass is 9.80. The molecule has 44 heavy (non-hydrogen) atoms. The van der Waals surface area contributed by atoms with Gasteiger partial charge in [0.25, 0.3) is 5.56 Å². The van der Waals surface area contributed by atoms with E-state index in [1.807, 2.05) is 78.9 Å². The zero-order valence-electron chi connectivity index (χ0n) is 24.4. The van der Waals surface area contributed by atoms with E-state index in [1.54, 1.807) is 14.2 Å². The first-order valence-electron chi connectivity index (χ1n) is 14.0. The second kappa shape index (κ2) is 12.1. The highest BCUT2D eigenvalue weighted by atomic mass is 16.6. The van der Waals surface area contributed by atoms with Crippen LogP contribution in [0, 0.1) is 0 Å². The molecule has 3 aromatic carbocycles. The predicted octanol–water partition coefficient (Wildman–Crippen LogP) is 3.00. The Morgan fingerprint density at radius 1 is 0.932 bits per heavy atom. The Morgan fingerprint density at radius 2 is 1.52 bits per heavy atom. The van der Waals surface area contributed by atoms with Crippen molar-refractivity contribution in [1.29, 1.82) is 0 Å². The molecule has 0 saturated carbocycles. The molecule has 1 aliphatic heterocycles. The molecule has 228 valence electrons. The van der Waals surface area contributed by atoms with Gasteiger partial charge in [-0.3, -0.25) is 14.3 Å². The van der Waals surface area contributed by atoms with E-state index in [2.05, 4.69) is 15.0 Å². The lowest BCUT2D eigenvalue weighted by Crippen LogP contribution is -2.40. The number of nitrogens with one attached hydrogen (secondary N) is 1. The second-order valence-electron chi connectivity index (χ2n) is 10.3. The van der Waals surface area contributed by atoms with Crippen molar-refractivity contribution in [1.82, 2.24) is 19.5 Å². The smallest absolute Gasteiger partial charge is 0.280 e. The molecule has 4 atom stereocenters. The topological polar surface area (TPSA) is 156 Å². The van der Waals surface area contributed by atoms with Crippen LogP contribution < -0.4 is 20.8 Å². The van der Waals surface area contributed by atoms with Crippen LogP contribution in [0.15, 0.2) is 90.0 Å². The Hall–Kier alpha value is -4.75. The normalized spacial score (nSPS) is 20.2. The number of aromatic amines is 1. The molecule has 1 saturated heterocycles. The number of nitrogen functional groups attached to an aromatic ring is 1. The van der Waals surface area contributed by atoms with Crippen LogP contribution in [0.2, 0.25) is 0 Å². The van der Waals surface area contributed by atoms with Crippen LogP contribution in [0.5, 0.6) is 11.5 Å². The maximum atomic E-state index is 12.4. The van der Waals surface area contributed by atoms with Crippen LogP contribution in [-0.4, -0.2) is 70.9 Å². The van der Waals surface area contributed by atoms with Crippen molar-refractivity contribution in [3.05, 3.63) is 112 Å². The van der Waals surface area contributed by atoms with E-state index >= 15 is 0 Å². The van der Waals surface area contributed by atoms with Gasteiger partial charge in [0.05, 0.1) is 27.2 Å². The van der Waals surface area contributed by atoms with Gasteiger partial charge in [-0.15, -0.1) is 0 Å². The summed E-state index contributed by atoms with van der Waals surface area (Å²) in [5.74, 6) is 1.33. The Kier molecular flexibility index (Phi) is 8.06. The molecule has 1 fully saturated rings. The highest BCUT2D eigenvalue weighted by molar-refractivity contribution is 5.70. The molecule has 0 bridgehead atoms. The first-order valence-corrected chi connectivity index (χ1v) is 14.0. The summed E-state index contributed by atoms with van der Waals surface area (Å²) in [7, 11) is 4.71. The van der Waals surface area contributed by atoms with E-state index < -0.39 is 35.7 Å². The van der Waals surface area contributed by atoms with Gasteiger partial charge in [0.15, 0.2) is 17.4 Å². The molecule has 0 aliphatic carbocycles. The maximum Gasteiger partial charge on any atom is 0.280 e. The first kappa shape index (κ1) is 29.3. The molecule has 12 heteroatoms. The summed E-state index contributed by atoms with van der Waals surface area (Å²) in [6.07, 6.45) is -2.20. The molecule has 0 amide bonds. The fraction of sp³-hybridized carbons (Fsp3) is 0.281. The van der Waals surface area contributed by atoms with Gasteiger partial charge in [0, 0.05) is 7.11 Å². The SMILES string of the molecule is COc1ccc(C(OC[C@H]2O[C@@H](n3cnc4c(=O)[nH]c(N)nc43)C(OC)C2O)(c2ccccc2)c2ccc(OC)cc2)cc1. The number of methoxy groups -OCH3 is 3. The quantitative estimate of drug-likeness (QED) is 0.204. The van der Waals surface area contributed by atoms with Gasteiger partial charge in [-0.1, -0.05) is 54.6 Å². The Bertz CT molecular complexity index is 1730. The van der Waals surface area contributed by atoms with Crippen LogP contribution in [0.1, 0.15) is 22.9 Å². The lowest BCUT2D eigenvalue weighted by Gasteiger charge is -2.37. The van der Waals surface area contributed by atoms with Crippen molar-refractivity contribution < 1.29 is 28.8 Å². The molecule has 2 unspecified atom stereocenters. The second-order valence-corrected chi connectivity index (χ2v) is 10.3. The summed E-state index contributed by atoms with van der Waals surface area (Å²) in [5.41, 5.74) is 7.04. The van der Waals surface area contributed by atoms with E-state index in [0.29, 0.717) is 11.5 Å². The number of ether oxygens (including phenoxy) is 5. The van der Waals surface area contributed by atoms with E-state index in [1.165, 1.54) is 18.0 Å². The molecule has 3 heterocycles. The average Bonchev–Trinajstić information content (AvgIpc) is 3.62. The molecule has 12 nitrogen and oxygen atoms in total. The zero-order chi connectivity index (χ0) is 30.8. The molecule has 5 aromatic rings. The number of H-pyrrole nitrogens is 1. The molecule has 2 aromatic heterocycles. The number of anilines is 1. The third-order valence-electron chi connectivity index (χ3n) is 7.95. The summed E-state index contributed by atoms with van der Waals surface area (Å²) in [4.78, 5) is 23.3. The van der Waals surface area contributed by atoms with Crippen LogP contribution in [-0.2, 0) is 19.8 Å². The van der Waals surface area contributed by atoms with Crippen molar-refractivity contribution in [3.8, 4) is 11.5 Å². The van der Waals surface area contributed by atoms with Gasteiger partial charge >= 0.3 is 0 Å². The summed E-state index contributed by atoms with van der Waals surface area (Å²) >= 11 is 0. The predicted molar refractivity (Wildman–Crippen MR) is 162 cm³/mol. The van der Waals surface area contributed by atoms with Gasteiger partial charge in [-0.25, -0.2) is 4.98 Å². The van der Waals surface area contributed by atoms with Gasteiger partial charge in [-0.2, -0.15) is 4.98 Å². The fourth-order valence-corrected chi connectivity index (χ4v) is 5.75. The van der Waals surface area contributed by atoms with Crippen LogP contribution >= 0.6 is 0 Å². The maximum absolute atomic E-state index is 12.4. The highest BCUT2D eigenvalue weighted by Gasteiger charge is 2.48. The van der Waals surface area contributed by atoms with Crippen molar-refractivity contribution in [2.45, 2.75) is 30.1 Å².